The van der Waals surface area contributed by atoms with Crippen LogP contribution >= 0.6 is 0 Å². The van der Waals surface area contributed by atoms with E-state index >= 15 is 0 Å². The normalized spacial score (nSPS) is 25.7. The van der Waals surface area contributed by atoms with Crippen molar-refractivity contribution in [3.05, 3.63) is 23.5 Å². The van der Waals surface area contributed by atoms with Crippen LogP contribution in [0.1, 0.15) is 44.1 Å². The number of nitriles is 1. The highest BCUT2D eigenvalue weighted by Crippen LogP contribution is 2.41. The van der Waals surface area contributed by atoms with Gasteiger partial charge in [-0.3, -0.25) is 10.0 Å². The quantitative estimate of drug-likeness (QED) is 0.659. The summed E-state index contributed by atoms with van der Waals surface area (Å²) in [6.45, 7) is 3.78. The van der Waals surface area contributed by atoms with Gasteiger partial charge in [-0.15, -0.1) is 0 Å². The zero-order valence-electron chi connectivity index (χ0n) is 13.2. The van der Waals surface area contributed by atoms with Gasteiger partial charge in [0.15, 0.2) is 0 Å². The summed E-state index contributed by atoms with van der Waals surface area (Å²) in [5.41, 5.74) is 2.83. The molecule has 0 saturated heterocycles. The fourth-order valence-electron chi connectivity index (χ4n) is 3.64. The van der Waals surface area contributed by atoms with Crippen LogP contribution in [-0.2, 0) is 0 Å². The minimum Gasteiger partial charge on any atom is -0.346 e. The molecule has 2 aliphatic rings. The van der Waals surface area contributed by atoms with Crippen molar-refractivity contribution in [3.63, 3.8) is 0 Å². The lowest BCUT2D eigenvalue weighted by molar-refractivity contribution is 0.288. The number of hydrogen-bond acceptors (Lipinski definition) is 5. The minimum atomic E-state index is 0.362. The SMILES string of the molecule is C=N/C(=C1/c2cc[nH]c2N=CN1N)[C@H]1CC[C@H](CCC#N)CC1. The molecule has 0 amide bonds. The average molecular weight is 310 g/mol. The molecule has 3 N–H and O–H groups in total. The fourth-order valence-corrected chi connectivity index (χ4v) is 3.64. The van der Waals surface area contributed by atoms with Crippen LogP contribution in [0, 0.1) is 23.2 Å². The second-order valence-electron chi connectivity index (χ2n) is 6.20. The van der Waals surface area contributed by atoms with Crippen molar-refractivity contribution in [3.8, 4) is 6.07 Å². The van der Waals surface area contributed by atoms with Gasteiger partial charge in [0.05, 0.1) is 17.5 Å². The highest BCUT2D eigenvalue weighted by atomic mass is 15.4. The van der Waals surface area contributed by atoms with Crippen molar-refractivity contribution in [1.82, 2.24) is 9.99 Å². The Hall–Kier alpha value is -2.39. The van der Waals surface area contributed by atoms with Crippen molar-refractivity contribution in [2.75, 3.05) is 0 Å². The average Bonchev–Trinajstić information content (AvgIpc) is 3.05. The molecule has 1 aromatic heterocycles. The number of H-pyrrole nitrogens is 1. The largest absolute Gasteiger partial charge is 0.346 e. The predicted molar refractivity (Wildman–Crippen MR) is 91.7 cm³/mol. The number of allylic oxidation sites excluding steroid dienone is 1. The first-order valence-corrected chi connectivity index (χ1v) is 8.08. The van der Waals surface area contributed by atoms with Gasteiger partial charge in [0.2, 0.25) is 0 Å². The smallest absolute Gasteiger partial charge is 0.141 e. The van der Waals surface area contributed by atoms with Gasteiger partial charge in [-0.05, 0) is 50.8 Å². The first kappa shape index (κ1) is 15.5. The molecule has 1 fully saturated rings. The van der Waals surface area contributed by atoms with Crippen molar-refractivity contribution >= 4 is 24.6 Å². The maximum Gasteiger partial charge on any atom is 0.141 e. The number of fused-ring (bicyclic) bond motifs is 1. The van der Waals surface area contributed by atoms with E-state index in [4.69, 9.17) is 11.1 Å². The van der Waals surface area contributed by atoms with Gasteiger partial charge in [0.1, 0.15) is 12.2 Å². The summed E-state index contributed by atoms with van der Waals surface area (Å²) in [6, 6.07) is 4.22. The lowest BCUT2D eigenvalue weighted by Gasteiger charge is -2.31. The van der Waals surface area contributed by atoms with E-state index in [0.717, 1.165) is 54.9 Å². The minimum absolute atomic E-state index is 0.362. The van der Waals surface area contributed by atoms with Crippen molar-refractivity contribution in [2.45, 2.75) is 38.5 Å². The van der Waals surface area contributed by atoms with E-state index in [9.17, 15) is 0 Å². The number of nitrogens with zero attached hydrogens (tertiary/aromatic N) is 4. The monoisotopic (exact) mass is 310 g/mol. The molecule has 3 rings (SSSR count). The van der Waals surface area contributed by atoms with Gasteiger partial charge in [-0.25, -0.2) is 10.8 Å². The first-order valence-electron chi connectivity index (χ1n) is 8.08. The number of hydrogen-bond donors (Lipinski definition) is 2. The van der Waals surface area contributed by atoms with Crippen molar-refractivity contribution < 1.29 is 0 Å². The number of rotatable bonds is 4. The molecule has 1 aromatic rings. The maximum atomic E-state index is 8.73. The van der Waals surface area contributed by atoms with E-state index in [-0.39, 0.29) is 0 Å². The second-order valence-corrected chi connectivity index (χ2v) is 6.20. The van der Waals surface area contributed by atoms with Crippen LogP contribution in [0.4, 0.5) is 5.82 Å². The Morgan fingerprint density at radius 3 is 2.96 bits per heavy atom. The van der Waals surface area contributed by atoms with Gasteiger partial charge in [-0.1, -0.05) is 0 Å². The molecular weight excluding hydrogens is 288 g/mol. The van der Waals surface area contributed by atoms with E-state index in [2.05, 4.69) is 27.8 Å². The van der Waals surface area contributed by atoms with Crippen LogP contribution in [0.15, 0.2) is 27.9 Å². The molecule has 120 valence electrons. The van der Waals surface area contributed by atoms with Crippen LogP contribution in [0.3, 0.4) is 0 Å². The predicted octanol–water partition coefficient (Wildman–Crippen LogP) is 3.34. The van der Waals surface area contributed by atoms with Crippen molar-refractivity contribution in [1.29, 1.82) is 5.26 Å². The lowest BCUT2D eigenvalue weighted by Crippen LogP contribution is -2.31. The third-order valence-corrected chi connectivity index (χ3v) is 4.86. The number of aromatic nitrogens is 1. The van der Waals surface area contributed by atoms with Gasteiger partial charge in [0.25, 0.3) is 0 Å². The molecule has 0 aromatic carbocycles. The molecular formula is C17H22N6. The van der Waals surface area contributed by atoms with Gasteiger partial charge < -0.3 is 4.98 Å². The Morgan fingerprint density at radius 2 is 2.26 bits per heavy atom. The Labute approximate surface area is 136 Å². The van der Waals surface area contributed by atoms with Crippen LogP contribution in [-0.4, -0.2) is 23.0 Å². The zero-order valence-corrected chi connectivity index (χ0v) is 13.2. The maximum absolute atomic E-state index is 8.73. The fraction of sp³-hybridized carbons (Fsp3) is 0.471. The molecule has 6 heteroatoms. The third-order valence-electron chi connectivity index (χ3n) is 4.86. The number of aliphatic imine (C=N–C) groups is 2. The number of nitrogens with two attached hydrogens (primary N) is 1. The zero-order chi connectivity index (χ0) is 16.2. The van der Waals surface area contributed by atoms with Gasteiger partial charge >= 0.3 is 0 Å². The molecule has 1 aliphatic heterocycles. The highest BCUT2D eigenvalue weighted by Gasteiger charge is 2.29. The van der Waals surface area contributed by atoms with E-state index in [1.807, 2.05) is 12.3 Å². The summed E-state index contributed by atoms with van der Waals surface area (Å²) in [4.78, 5) is 11.7. The van der Waals surface area contributed by atoms with E-state index in [1.54, 1.807) is 11.3 Å². The van der Waals surface area contributed by atoms with Gasteiger partial charge in [0, 0.05) is 24.1 Å². The molecule has 0 unspecified atom stereocenters. The summed E-state index contributed by atoms with van der Waals surface area (Å²) in [7, 11) is 0. The van der Waals surface area contributed by atoms with Crippen LogP contribution in [0.25, 0.3) is 5.70 Å². The van der Waals surface area contributed by atoms with Crippen LogP contribution in [0.2, 0.25) is 0 Å². The molecule has 0 radical (unpaired) electrons. The number of aromatic amines is 1. The molecule has 23 heavy (non-hydrogen) atoms. The third kappa shape index (κ3) is 3.06. The van der Waals surface area contributed by atoms with E-state index in [1.165, 1.54) is 0 Å². The molecule has 1 aliphatic carbocycles. The number of hydrazine groups is 1. The summed E-state index contributed by atoms with van der Waals surface area (Å²) in [5, 5.41) is 10.3. The van der Waals surface area contributed by atoms with Crippen LogP contribution in [0.5, 0.6) is 0 Å². The summed E-state index contributed by atoms with van der Waals surface area (Å²) < 4.78 is 0. The topological polar surface area (TPSA) is 93.6 Å². The van der Waals surface area contributed by atoms with E-state index < -0.39 is 0 Å². The Balaban J connectivity index is 1.82. The Kier molecular flexibility index (Phi) is 4.58. The summed E-state index contributed by atoms with van der Waals surface area (Å²) >= 11 is 0. The van der Waals surface area contributed by atoms with E-state index in [0.29, 0.717) is 18.3 Å². The Bertz CT molecular complexity index is 670. The van der Waals surface area contributed by atoms with Crippen LogP contribution < -0.4 is 5.84 Å². The van der Waals surface area contributed by atoms with Crippen molar-refractivity contribution in [2.24, 2.45) is 27.7 Å². The Morgan fingerprint density at radius 1 is 1.48 bits per heavy atom. The lowest BCUT2D eigenvalue weighted by atomic mass is 9.78. The standard InChI is InChI=1S/C17H22N6/c1-20-15(13-6-4-12(5-7-13)3-2-9-18)16-14-8-10-21-17(14)22-11-23(16)19/h8,10-13,21H,1-7,19H2/b16-15-/t12-,13-. The molecule has 1 saturated carbocycles. The number of nitrogens with one attached hydrogen (secondary N) is 1. The first-order chi connectivity index (χ1) is 11.2. The molecule has 0 spiro atoms. The second kappa shape index (κ2) is 6.80. The molecule has 0 atom stereocenters. The van der Waals surface area contributed by atoms with Gasteiger partial charge in [-0.2, -0.15) is 5.26 Å². The summed E-state index contributed by atoms with van der Waals surface area (Å²) in [5.74, 6) is 7.95. The molecule has 2 heterocycles. The highest BCUT2D eigenvalue weighted by molar-refractivity contribution is 5.87. The molecule has 6 nitrogen and oxygen atoms in total. The molecule has 0 bridgehead atoms. The summed E-state index contributed by atoms with van der Waals surface area (Å²) in [6.07, 6.45) is 9.54.